The quantitative estimate of drug-likeness (QED) is 0.537. The SMILES string of the molecule is CCCCOCCCNS(=O)(=O)c1cc(Cl)cc(N)c1C. The molecule has 0 atom stereocenters. The Bertz CT molecular complexity index is 562. The highest BCUT2D eigenvalue weighted by molar-refractivity contribution is 7.89. The van der Waals surface area contributed by atoms with Crippen LogP contribution in [0.1, 0.15) is 31.7 Å². The van der Waals surface area contributed by atoms with Gasteiger partial charge in [-0.3, -0.25) is 0 Å². The van der Waals surface area contributed by atoms with Gasteiger partial charge in [0.1, 0.15) is 0 Å². The molecule has 1 aromatic carbocycles. The minimum atomic E-state index is -3.60. The highest BCUT2D eigenvalue weighted by Gasteiger charge is 2.18. The van der Waals surface area contributed by atoms with E-state index in [-0.39, 0.29) is 4.90 Å². The lowest BCUT2D eigenvalue weighted by Gasteiger charge is -2.11. The number of ether oxygens (including phenoxy) is 1. The topological polar surface area (TPSA) is 81.4 Å². The first-order chi connectivity index (χ1) is 9.88. The summed E-state index contributed by atoms with van der Waals surface area (Å²) in [5.74, 6) is 0. The molecular weight excluding hydrogens is 312 g/mol. The van der Waals surface area contributed by atoms with Crippen molar-refractivity contribution < 1.29 is 13.2 Å². The number of nitrogens with two attached hydrogens (primary N) is 1. The summed E-state index contributed by atoms with van der Waals surface area (Å²) >= 11 is 5.87. The smallest absolute Gasteiger partial charge is 0.240 e. The van der Waals surface area contributed by atoms with Crippen LogP contribution in [0.2, 0.25) is 5.02 Å². The minimum absolute atomic E-state index is 0.124. The van der Waals surface area contributed by atoms with E-state index < -0.39 is 10.0 Å². The van der Waals surface area contributed by atoms with E-state index in [1.165, 1.54) is 12.1 Å². The lowest BCUT2D eigenvalue weighted by molar-refractivity contribution is 0.130. The molecule has 0 heterocycles. The van der Waals surface area contributed by atoms with Crippen molar-refractivity contribution in [3.05, 3.63) is 22.7 Å². The molecule has 1 rings (SSSR count). The highest BCUT2D eigenvalue weighted by Crippen LogP contribution is 2.25. The number of nitrogen functional groups attached to an aromatic ring is 1. The Morgan fingerprint density at radius 2 is 1.95 bits per heavy atom. The second-order valence-corrected chi connectivity index (χ2v) is 7.01. The first-order valence-electron chi connectivity index (χ1n) is 7.01. The standard InChI is InChI=1S/C14H23ClN2O3S/c1-3-4-7-20-8-5-6-17-21(18,19)14-10-12(15)9-13(16)11(14)2/h9-10,17H,3-8,16H2,1-2H3. The molecule has 0 fully saturated rings. The Labute approximate surface area is 131 Å². The third kappa shape index (κ3) is 5.82. The van der Waals surface area contributed by atoms with Crippen molar-refractivity contribution in [2.75, 3.05) is 25.5 Å². The van der Waals surface area contributed by atoms with Gasteiger partial charge in [0.15, 0.2) is 0 Å². The maximum Gasteiger partial charge on any atom is 0.240 e. The van der Waals surface area contributed by atoms with Crippen molar-refractivity contribution in [1.29, 1.82) is 0 Å². The van der Waals surface area contributed by atoms with E-state index in [9.17, 15) is 8.42 Å². The van der Waals surface area contributed by atoms with Crippen molar-refractivity contribution in [1.82, 2.24) is 4.72 Å². The summed E-state index contributed by atoms with van der Waals surface area (Å²) < 4.78 is 32.4. The van der Waals surface area contributed by atoms with E-state index in [0.29, 0.717) is 42.5 Å². The average Bonchev–Trinajstić information content (AvgIpc) is 2.41. The number of halogens is 1. The molecule has 0 radical (unpaired) electrons. The first kappa shape index (κ1) is 18.2. The number of unbranched alkanes of at least 4 members (excludes halogenated alkanes) is 1. The van der Waals surface area contributed by atoms with Gasteiger partial charge in [0.05, 0.1) is 4.90 Å². The normalized spacial score (nSPS) is 11.8. The second kappa shape index (κ2) is 8.58. The molecule has 3 N–H and O–H groups in total. The van der Waals surface area contributed by atoms with Crippen LogP contribution in [-0.4, -0.2) is 28.2 Å². The van der Waals surface area contributed by atoms with E-state index in [0.717, 1.165) is 12.8 Å². The molecule has 0 saturated carbocycles. The number of anilines is 1. The van der Waals surface area contributed by atoms with Crippen LogP contribution in [0.4, 0.5) is 5.69 Å². The zero-order valence-electron chi connectivity index (χ0n) is 12.5. The van der Waals surface area contributed by atoms with Crippen LogP contribution in [0.25, 0.3) is 0 Å². The van der Waals surface area contributed by atoms with Crippen molar-refractivity contribution in [2.45, 2.75) is 38.0 Å². The number of sulfonamides is 1. The molecule has 0 aliphatic rings. The molecule has 21 heavy (non-hydrogen) atoms. The Kier molecular flexibility index (Phi) is 7.45. The minimum Gasteiger partial charge on any atom is -0.398 e. The summed E-state index contributed by atoms with van der Waals surface area (Å²) in [6.07, 6.45) is 2.73. The Balaban J connectivity index is 2.55. The van der Waals surface area contributed by atoms with Crippen LogP contribution in [0.5, 0.6) is 0 Å². The summed E-state index contributed by atoms with van der Waals surface area (Å²) in [6, 6.07) is 2.95. The van der Waals surface area contributed by atoms with Crippen LogP contribution in [0, 0.1) is 6.92 Å². The van der Waals surface area contributed by atoms with Crippen LogP contribution in [0.3, 0.4) is 0 Å². The number of benzene rings is 1. The lowest BCUT2D eigenvalue weighted by atomic mass is 10.2. The molecule has 0 saturated heterocycles. The number of hydrogen-bond donors (Lipinski definition) is 2. The summed E-state index contributed by atoms with van der Waals surface area (Å²) in [5, 5.41) is 0.307. The average molecular weight is 335 g/mol. The van der Waals surface area contributed by atoms with E-state index in [1.807, 2.05) is 0 Å². The van der Waals surface area contributed by atoms with Crippen LogP contribution >= 0.6 is 11.6 Å². The summed E-state index contributed by atoms with van der Waals surface area (Å²) in [7, 11) is -3.60. The number of nitrogens with one attached hydrogen (secondary N) is 1. The van der Waals surface area contributed by atoms with Gasteiger partial charge in [-0.15, -0.1) is 0 Å². The van der Waals surface area contributed by atoms with Gasteiger partial charge >= 0.3 is 0 Å². The molecule has 120 valence electrons. The fourth-order valence-electron chi connectivity index (χ4n) is 1.76. The zero-order valence-corrected chi connectivity index (χ0v) is 14.1. The van der Waals surface area contributed by atoms with Gasteiger partial charge < -0.3 is 10.5 Å². The summed E-state index contributed by atoms with van der Waals surface area (Å²) in [6.45, 7) is 5.33. The molecule has 5 nitrogen and oxygen atoms in total. The highest BCUT2D eigenvalue weighted by atomic mass is 35.5. The van der Waals surface area contributed by atoms with E-state index in [4.69, 9.17) is 22.1 Å². The molecule has 0 aliphatic carbocycles. The predicted octanol–water partition coefficient (Wildman–Crippen LogP) is 2.72. The predicted molar refractivity (Wildman–Crippen MR) is 86.1 cm³/mol. The summed E-state index contributed by atoms with van der Waals surface area (Å²) in [5.41, 5.74) is 6.62. The van der Waals surface area contributed by atoms with Gasteiger partial charge in [-0.1, -0.05) is 24.9 Å². The van der Waals surface area contributed by atoms with E-state index in [2.05, 4.69) is 11.6 Å². The van der Waals surface area contributed by atoms with Crippen molar-refractivity contribution >= 4 is 27.3 Å². The maximum absolute atomic E-state index is 12.2. The van der Waals surface area contributed by atoms with Crippen molar-refractivity contribution in [3.63, 3.8) is 0 Å². The van der Waals surface area contributed by atoms with Gasteiger partial charge in [-0.2, -0.15) is 0 Å². The Morgan fingerprint density at radius 1 is 1.29 bits per heavy atom. The number of rotatable bonds is 9. The third-order valence-electron chi connectivity index (χ3n) is 3.05. The van der Waals surface area contributed by atoms with Gasteiger partial charge in [0, 0.05) is 30.5 Å². The number of hydrogen-bond acceptors (Lipinski definition) is 4. The molecule has 0 aromatic heterocycles. The first-order valence-corrected chi connectivity index (χ1v) is 8.87. The van der Waals surface area contributed by atoms with Gasteiger partial charge in [-0.05, 0) is 37.5 Å². The molecule has 0 bridgehead atoms. The molecule has 0 aliphatic heterocycles. The molecule has 1 aromatic rings. The third-order valence-corrected chi connectivity index (χ3v) is 4.86. The molecular formula is C14H23ClN2O3S. The lowest BCUT2D eigenvalue weighted by Crippen LogP contribution is -2.26. The molecule has 0 unspecified atom stereocenters. The maximum atomic E-state index is 12.2. The van der Waals surface area contributed by atoms with Crippen LogP contribution in [-0.2, 0) is 14.8 Å². The van der Waals surface area contributed by atoms with E-state index >= 15 is 0 Å². The zero-order chi connectivity index (χ0) is 15.9. The van der Waals surface area contributed by atoms with Crippen molar-refractivity contribution in [2.24, 2.45) is 0 Å². The van der Waals surface area contributed by atoms with Gasteiger partial charge in [0.2, 0.25) is 10.0 Å². The van der Waals surface area contributed by atoms with Gasteiger partial charge in [0.25, 0.3) is 0 Å². The van der Waals surface area contributed by atoms with Crippen molar-refractivity contribution in [3.8, 4) is 0 Å². The monoisotopic (exact) mass is 334 g/mol. The fourth-order valence-corrected chi connectivity index (χ4v) is 3.42. The molecule has 7 heteroatoms. The second-order valence-electron chi connectivity index (χ2n) is 4.84. The van der Waals surface area contributed by atoms with Crippen LogP contribution < -0.4 is 10.5 Å². The van der Waals surface area contributed by atoms with Gasteiger partial charge in [-0.25, -0.2) is 13.1 Å². The Hall–Kier alpha value is -0.820. The fraction of sp³-hybridized carbons (Fsp3) is 0.571. The summed E-state index contributed by atoms with van der Waals surface area (Å²) in [4.78, 5) is 0.124. The van der Waals surface area contributed by atoms with E-state index in [1.54, 1.807) is 6.92 Å². The molecule has 0 spiro atoms. The Morgan fingerprint density at radius 3 is 2.62 bits per heavy atom. The largest absolute Gasteiger partial charge is 0.398 e. The molecule has 0 amide bonds. The van der Waals surface area contributed by atoms with Crippen LogP contribution in [0.15, 0.2) is 17.0 Å².